The van der Waals surface area contributed by atoms with Gasteiger partial charge in [-0.3, -0.25) is 9.59 Å². The van der Waals surface area contributed by atoms with E-state index in [1.54, 1.807) is 26.9 Å². The standard InChI is InChI=1S/C29H34N6O3/c1-32-20-27(36)34-25(15-8-16-30)28(37)33(18-23-13-7-12-22-11-5-6-14-24(22)23)19-26(34)35(32)29(38)31-17-21-9-3-2-4-10-21/h2-7,9-14,25-26H,8,15-20,30H2,1H3,(H,31,38)/t25-,26-/m0/s1. The molecule has 0 aromatic heterocycles. The van der Waals surface area contributed by atoms with Crippen LogP contribution >= 0.6 is 0 Å². The Kier molecular flexibility index (Phi) is 7.57. The molecule has 5 rings (SSSR count). The van der Waals surface area contributed by atoms with Crippen molar-refractivity contribution < 1.29 is 14.4 Å². The molecule has 0 bridgehead atoms. The minimum atomic E-state index is -0.669. The van der Waals surface area contributed by atoms with E-state index in [9.17, 15) is 14.4 Å². The molecule has 2 aliphatic rings. The zero-order valence-electron chi connectivity index (χ0n) is 21.6. The predicted molar refractivity (Wildman–Crippen MR) is 145 cm³/mol. The van der Waals surface area contributed by atoms with Crippen molar-refractivity contribution in [1.82, 2.24) is 25.1 Å². The highest BCUT2D eigenvalue weighted by Crippen LogP contribution is 2.30. The molecule has 0 unspecified atom stereocenters. The molecule has 2 fully saturated rings. The molecule has 3 aromatic carbocycles. The molecule has 0 spiro atoms. The Morgan fingerprint density at radius 3 is 2.53 bits per heavy atom. The number of nitrogens with two attached hydrogens (primary N) is 1. The highest BCUT2D eigenvalue weighted by atomic mass is 16.2. The average molecular weight is 515 g/mol. The van der Waals surface area contributed by atoms with Crippen molar-refractivity contribution in [3.8, 4) is 0 Å². The number of carbonyl (C=O) groups excluding carboxylic acids is 3. The summed E-state index contributed by atoms with van der Waals surface area (Å²) in [6, 6.07) is 22.9. The number of hydrogen-bond donors (Lipinski definition) is 2. The first-order chi connectivity index (χ1) is 18.5. The molecule has 2 aliphatic heterocycles. The summed E-state index contributed by atoms with van der Waals surface area (Å²) >= 11 is 0. The Balaban J connectivity index is 1.44. The highest BCUT2D eigenvalue weighted by molar-refractivity contribution is 5.92. The van der Waals surface area contributed by atoms with Crippen LogP contribution in [0.4, 0.5) is 4.79 Å². The molecule has 3 aromatic rings. The molecule has 198 valence electrons. The predicted octanol–water partition coefficient (Wildman–Crippen LogP) is 2.52. The van der Waals surface area contributed by atoms with Crippen LogP contribution in [0.25, 0.3) is 10.8 Å². The number of carbonyl (C=O) groups is 3. The van der Waals surface area contributed by atoms with Crippen molar-refractivity contribution in [3.63, 3.8) is 0 Å². The summed E-state index contributed by atoms with van der Waals surface area (Å²) in [5.74, 6) is -0.269. The number of benzene rings is 3. The van der Waals surface area contributed by atoms with Gasteiger partial charge in [-0.2, -0.15) is 0 Å². The molecule has 2 saturated heterocycles. The number of piperazine rings is 1. The third kappa shape index (κ3) is 5.07. The van der Waals surface area contributed by atoms with Crippen molar-refractivity contribution in [1.29, 1.82) is 0 Å². The zero-order chi connectivity index (χ0) is 26.6. The first-order valence-corrected chi connectivity index (χ1v) is 13.1. The molecule has 9 nitrogen and oxygen atoms in total. The van der Waals surface area contributed by atoms with Crippen LogP contribution < -0.4 is 11.1 Å². The van der Waals surface area contributed by atoms with Crippen LogP contribution in [0.15, 0.2) is 72.8 Å². The fraction of sp³-hybridized carbons (Fsp3) is 0.345. The minimum Gasteiger partial charge on any atom is -0.333 e. The van der Waals surface area contributed by atoms with Crippen LogP contribution in [0.2, 0.25) is 0 Å². The van der Waals surface area contributed by atoms with Gasteiger partial charge in [0, 0.05) is 20.1 Å². The normalized spacial score (nSPS) is 20.1. The number of amides is 4. The van der Waals surface area contributed by atoms with Crippen molar-refractivity contribution in [2.45, 2.75) is 38.1 Å². The summed E-state index contributed by atoms with van der Waals surface area (Å²) in [5, 5.41) is 8.41. The van der Waals surface area contributed by atoms with Gasteiger partial charge in [-0.05, 0) is 41.3 Å². The number of hydrogen-bond acceptors (Lipinski definition) is 5. The number of fused-ring (bicyclic) bond motifs is 2. The van der Waals surface area contributed by atoms with E-state index in [2.05, 4.69) is 23.5 Å². The largest absolute Gasteiger partial charge is 0.334 e. The van der Waals surface area contributed by atoms with E-state index in [0.29, 0.717) is 32.5 Å². The summed E-state index contributed by atoms with van der Waals surface area (Å²) in [6.07, 6.45) is 0.435. The molecule has 2 heterocycles. The van der Waals surface area contributed by atoms with Crippen LogP contribution in [0.1, 0.15) is 24.0 Å². The molecule has 4 amide bonds. The molecule has 9 heteroatoms. The molecule has 0 saturated carbocycles. The van der Waals surface area contributed by atoms with Crippen LogP contribution in [0.5, 0.6) is 0 Å². The van der Waals surface area contributed by atoms with Crippen molar-refractivity contribution in [3.05, 3.63) is 83.9 Å². The number of nitrogens with one attached hydrogen (secondary N) is 1. The number of hydrazine groups is 1. The number of nitrogens with zero attached hydrogens (tertiary/aromatic N) is 4. The third-order valence-corrected chi connectivity index (χ3v) is 7.36. The third-order valence-electron chi connectivity index (χ3n) is 7.36. The Hall–Kier alpha value is -3.95. The van der Waals surface area contributed by atoms with Gasteiger partial charge in [0.25, 0.3) is 0 Å². The monoisotopic (exact) mass is 514 g/mol. The summed E-state index contributed by atoms with van der Waals surface area (Å²) in [4.78, 5) is 44.0. The quantitative estimate of drug-likeness (QED) is 0.505. The molecule has 2 atom stereocenters. The second-order valence-electron chi connectivity index (χ2n) is 9.89. The van der Waals surface area contributed by atoms with Crippen LogP contribution in [0, 0.1) is 0 Å². The zero-order valence-corrected chi connectivity index (χ0v) is 21.6. The number of urea groups is 1. The van der Waals surface area contributed by atoms with Crippen LogP contribution in [-0.4, -0.2) is 76.6 Å². The Morgan fingerprint density at radius 1 is 1.00 bits per heavy atom. The smallest absolute Gasteiger partial charge is 0.333 e. The van der Waals surface area contributed by atoms with Gasteiger partial charge < -0.3 is 20.9 Å². The van der Waals surface area contributed by atoms with E-state index in [1.807, 2.05) is 54.6 Å². The lowest BCUT2D eigenvalue weighted by atomic mass is 9.99. The minimum absolute atomic E-state index is 0.0188. The van der Waals surface area contributed by atoms with Crippen LogP contribution in [-0.2, 0) is 22.7 Å². The molecule has 0 aliphatic carbocycles. The molecular formula is C29H34N6O3. The van der Waals surface area contributed by atoms with E-state index < -0.39 is 12.2 Å². The topological polar surface area (TPSA) is 102 Å². The maximum absolute atomic E-state index is 13.8. The van der Waals surface area contributed by atoms with Gasteiger partial charge in [0.1, 0.15) is 12.2 Å². The number of likely N-dealkylation sites (N-methyl/N-ethyl adjacent to an activating group) is 1. The van der Waals surface area contributed by atoms with E-state index in [0.717, 1.165) is 21.9 Å². The first-order valence-electron chi connectivity index (χ1n) is 13.1. The van der Waals surface area contributed by atoms with Crippen molar-refractivity contribution in [2.24, 2.45) is 5.73 Å². The Bertz CT molecular complexity index is 1310. The van der Waals surface area contributed by atoms with Gasteiger partial charge in [-0.1, -0.05) is 72.8 Å². The number of rotatable bonds is 7. The van der Waals surface area contributed by atoms with E-state index in [1.165, 1.54) is 0 Å². The van der Waals surface area contributed by atoms with Gasteiger partial charge in [-0.25, -0.2) is 14.8 Å². The van der Waals surface area contributed by atoms with Gasteiger partial charge in [0.2, 0.25) is 11.8 Å². The molecule has 3 N–H and O–H groups in total. The van der Waals surface area contributed by atoms with E-state index in [4.69, 9.17) is 5.73 Å². The van der Waals surface area contributed by atoms with Crippen molar-refractivity contribution >= 4 is 28.6 Å². The lowest BCUT2D eigenvalue weighted by Gasteiger charge is -2.54. The fourth-order valence-electron chi connectivity index (χ4n) is 5.53. The summed E-state index contributed by atoms with van der Waals surface area (Å²) in [5.41, 5.74) is 7.80. The SMILES string of the molecule is CN1CC(=O)N2[C@@H](CCCN)C(=O)N(Cc3cccc4ccccc34)C[C@@H]2N1C(=O)NCc1ccccc1. The van der Waals surface area contributed by atoms with Gasteiger partial charge in [0.05, 0.1) is 13.1 Å². The van der Waals surface area contributed by atoms with Gasteiger partial charge in [-0.15, -0.1) is 0 Å². The Labute approximate surface area is 222 Å². The first kappa shape index (κ1) is 25.7. The molecule has 0 radical (unpaired) electrons. The summed E-state index contributed by atoms with van der Waals surface area (Å²) < 4.78 is 0. The van der Waals surface area contributed by atoms with Crippen molar-refractivity contribution in [2.75, 3.05) is 26.7 Å². The summed E-state index contributed by atoms with van der Waals surface area (Å²) in [7, 11) is 1.73. The molecular weight excluding hydrogens is 480 g/mol. The lowest BCUT2D eigenvalue weighted by Crippen LogP contribution is -2.75. The lowest BCUT2D eigenvalue weighted by molar-refractivity contribution is -0.188. The maximum Gasteiger partial charge on any atom is 0.334 e. The van der Waals surface area contributed by atoms with Gasteiger partial charge in [0.15, 0.2) is 0 Å². The highest BCUT2D eigenvalue weighted by Gasteiger charge is 2.50. The summed E-state index contributed by atoms with van der Waals surface area (Å²) in [6.45, 7) is 1.41. The fourth-order valence-corrected chi connectivity index (χ4v) is 5.53. The second kappa shape index (κ2) is 11.2. The average Bonchev–Trinajstić information content (AvgIpc) is 2.93. The van der Waals surface area contributed by atoms with Gasteiger partial charge >= 0.3 is 6.03 Å². The Morgan fingerprint density at radius 2 is 1.74 bits per heavy atom. The van der Waals surface area contributed by atoms with Crippen LogP contribution in [0.3, 0.4) is 0 Å². The van der Waals surface area contributed by atoms with E-state index in [-0.39, 0.29) is 30.9 Å². The molecule has 38 heavy (non-hydrogen) atoms. The maximum atomic E-state index is 13.8. The van der Waals surface area contributed by atoms with E-state index >= 15 is 0 Å². The second-order valence-corrected chi connectivity index (χ2v) is 9.89.